The van der Waals surface area contributed by atoms with E-state index in [9.17, 15) is 0 Å². The first-order chi connectivity index (χ1) is 16.9. The summed E-state index contributed by atoms with van der Waals surface area (Å²) in [4.78, 5) is 0. The molecule has 0 amide bonds. The highest BCUT2D eigenvalue weighted by Crippen LogP contribution is 2.50. The monoisotopic (exact) mass is 434 g/mol. The van der Waals surface area contributed by atoms with Crippen molar-refractivity contribution in [3.05, 3.63) is 109 Å². The van der Waals surface area contributed by atoms with Gasteiger partial charge in [-0.2, -0.15) is 0 Å². The highest BCUT2D eigenvalue weighted by Gasteiger charge is 2.26. The number of hydrogen-bond donors (Lipinski definition) is 0. The maximum atomic E-state index is 6.72. The van der Waals surface area contributed by atoms with Crippen LogP contribution >= 0.6 is 0 Å². The molecule has 2 heterocycles. The average molecular weight is 434 g/mol. The molecule has 0 spiro atoms. The standard InChI is InChI=1S/C32H18O2/c1-3-7-19(8-4-1)23-15-11-21-13-18-26-29-27(21)31(23)33-25-17-14-22-12-16-24(20-9-5-2-6-10-20)32(34-26)28(22)30(25)29/h1-18H. The van der Waals surface area contributed by atoms with Crippen molar-refractivity contribution in [1.29, 1.82) is 0 Å². The third kappa shape index (κ3) is 2.29. The van der Waals surface area contributed by atoms with E-state index < -0.39 is 0 Å². The van der Waals surface area contributed by atoms with Gasteiger partial charge >= 0.3 is 0 Å². The largest absolute Gasteiger partial charge is 0.455 e. The molecular weight excluding hydrogens is 416 g/mol. The van der Waals surface area contributed by atoms with Gasteiger partial charge in [0.05, 0.1) is 0 Å². The van der Waals surface area contributed by atoms with Crippen LogP contribution in [0.3, 0.4) is 0 Å². The average Bonchev–Trinajstić information content (AvgIpc) is 2.91. The molecule has 0 atom stereocenters. The zero-order chi connectivity index (χ0) is 22.2. The molecule has 2 nitrogen and oxygen atoms in total. The molecule has 34 heavy (non-hydrogen) atoms. The van der Waals surface area contributed by atoms with E-state index >= 15 is 0 Å². The molecule has 158 valence electrons. The Kier molecular flexibility index (Phi) is 3.42. The van der Waals surface area contributed by atoms with Gasteiger partial charge in [0.1, 0.15) is 22.3 Å². The molecule has 0 saturated carbocycles. The van der Waals surface area contributed by atoms with E-state index in [2.05, 4.69) is 97.1 Å². The lowest BCUT2D eigenvalue weighted by Crippen LogP contribution is -1.96. The first kappa shape index (κ1) is 17.9. The zero-order valence-corrected chi connectivity index (χ0v) is 18.2. The number of hydrogen-bond acceptors (Lipinski definition) is 2. The minimum Gasteiger partial charge on any atom is -0.455 e. The van der Waals surface area contributed by atoms with Crippen molar-refractivity contribution < 1.29 is 8.83 Å². The van der Waals surface area contributed by atoms with E-state index in [0.717, 1.165) is 77.3 Å². The first-order valence-electron chi connectivity index (χ1n) is 11.5. The summed E-state index contributed by atoms with van der Waals surface area (Å²) in [7, 11) is 0. The van der Waals surface area contributed by atoms with Gasteiger partial charge in [-0.3, -0.25) is 0 Å². The molecule has 0 saturated heterocycles. The summed E-state index contributed by atoms with van der Waals surface area (Å²) in [5.41, 5.74) is 10.3. The first-order valence-corrected chi connectivity index (χ1v) is 11.5. The van der Waals surface area contributed by atoms with Gasteiger partial charge in [0.2, 0.25) is 0 Å². The Morgan fingerprint density at radius 2 is 0.794 bits per heavy atom. The molecule has 0 aromatic heterocycles. The van der Waals surface area contributed by atoms with Crippen LogP contribution in [-0.4, -0.2) is 0 Å². The highest BCUT2D eigenvalue weighted by atomic mass is 16.3. The summed E-state index contributed by atoms with van der Waals surface area (Å²) < 4.78 is 13.4. The van der Waals surface area contributed by atoms with Gasteiger partial charge in [0.15, 0.2) is 0 Å². The predicted molar refractivity (Wildman–Crippen MR) is 140 cm³/mol. The lowest BCUT2D eigenvalue weighted by atomic mass is 9.87. The Bertz CT molecular complexity index is 1790. The number of rotatable bonds is 2. The van der Waals surface area contributed by atoms with Crippen LogP contribution in [0.2, 0.25) is 0 Å². The van der Waals surface area contributed by atoms with Crippen LogP contribution in [0.25, 0.3) is 77.3 Å². The molecule has 6 aromatic rings. The van der Waals surface area contributed by atoms with Crippen LogP contribution < -0.4 is 0 Å². The number of benzene rings is 6. The summed E-state index contributed by atoms with van der Waals surface area (Å²) in [5.74, 6) is 0. The van der Waals surface area contributed by atoms with Crippen molar-refractivity contribution in [2.75, 3.05) is 0 Å². The van der Waals surface area contributed by atoms with Gasteiger partial charge < -0.3 is 8.83 Å². The van der Waals surface area contributed by atoms with Crippen molar-refractivity contribution >= 4 is 43.9 Å². The van der Waals surface area contributed by atoms with Gasteiger partial charge in [-0.15, -0.1) is 0 Å². The normalized spacial score (nSPS) is 12.1. The van der Waals surface area contributed by atoms with Crippen molar-refractivity contribution in [3.8, 4) is 33.4 Å². The van der Waals surface area contributed by atoms with E-state index in [1.807, 2.05) is 12.1 Å². The smallest absolute Gasteiger partial charge is 0.143 e. The highest BCUT2D eigenvalue weighted by molar-refractivity contribution is 6.26. The van der Waals surface area contributed by atoms with Crippen molar-refractivity contribution in [2.24, 2.45) is 0 Å². The second kappa shape index (κ2) is 6.49. The molecule has 8 rings (SSSR count). The predicted octanol–water partition coefficient (Wildman–Crippen LogP) is 9.36. The summed E-state index contributed by atoms with van der Waals surface area (Å²) in [5, 5.41) is 4.55. The molecule has 6 aromatic carbocycles. The van der Waals surface area contributed by atoms with Crippen LogP contribution in [0.1, 0.15) is 0 Å². The summed E-state index contributed by atoms with van der Waals surface area (Å²) in [6, 6.07) is 38.0. The van der Waals surface area contributed by atoms with Crippen LogP contribution in [0.4, 0.5) is 0 Å². The minimum absolute atomic E-state index is 0.881. The van der Waals surface area contributed by atoms with E-state index in [-0.39, 0.29) is 0 Å². The van der Waals surface area contributed by atoms with E-state index in [0.29, 0.717) is 0 Å². The maximum Gasteiger partial charge on any atom is 0.143 e. The molecule has 2 heteroatoms. The molecule has 0 fully saturated rings. The topological polar surface area (TPSA) is 26.3 Å². The van der Waals surface area contributed by atoms with Crippen LogP contribution in [0.5, 0.6) is 0 Å². The van der Waals surface area contributed by atoms with Gasteiger partial charge in [0, 0.05) is 33.0 Å². The van der Waals surface area contributed by atoms with Gasteiger partial charge in [0.25, 0.3) is 0 Å². The molecule has 2 aliphatic rings. The Morgan fingerprint density at radius 1 is 0.382 bits per heavy atom. The molecule has 0 N–H and O–H groups in total. The van der Waals surface area contributed by atoms with E-state index in [1.165, 1.54) is 0 Å². The zero-order valence-electron chi connectivity index (χ0n) is 18.2. The summed E-state index contributed by atoms with van der Waals surface area (Å²) in [6.45, 7) is 0. The fourth-order valence-corrected chi connectivity index (χ4v) is 5.52. The van der Waals surface area contributed by atoms with Crippen molar-refractivity contribution in [2.45, 2.75) is 0 Å². The molecule has 0 aliphatic carbocycles. The summed E-state index contributed by atoms with van der Waals surface area (Å²) in [6.07, 6.45) is 0. The van der Waals surface area contributed by atoms with Gasteiger partial charge in [-0.1, -0.05) is 84.9 Å². The molecular formula is C32H18O2. The van der Waals surface area contributed by atoms with E-state index in [4.69, 9.17) is 8.83 Å². The second-order valence-electron chi connectivity index (χ2n) is 8.89. The van der Waals surface area contributed by atoms with Crippen molar-refractivity contribution in [3.63, 3.8) is 0 Å². The Hall–Kier alpha value is -4.56. The lowest BCUT2D eigenvalue weighted by molar-refractivity contribution is 0.647. The van der Waals surface area contributed by atoms with Gasteiger partial charge in [-0.05, 0) is 46.2 Å². The maximum absolute atomic E-state index is 6.72. The molecule has 0 radical (unpaired) electrons. The van der Waals surface area contributed by atoms with Crippen LogP contribution in [-0.2, 0) is 0 Å². The Labute approximate surface area is 195 Å². The molecule has 0 unspecified atom stereocenters. The Balaban J connectivity index is 1.60. The molecule has 2 aliphatic heterocycles. The fraction of sp³-hybridized carbons (Fsp3) is 0. The van der Waals surface area contributed by atoms with Crippen LogP contribution in [0.15, 0.2) is 118 Å². The SMILES string of the molecule is c1ccc(-c2ccc3ccc4oc5c(-c6ccccc6)ccc6ccc7oc2c3c4-c7c65)cc1. The third-order valence-corrected chi connectivity index (χ3v) is 7.04. The Morgan fingerprint density at radius 3 is 1.24 bits per heavy atom. The van der Waals surface area contributed by atoms with Crippen molar-refractivity contribution in [1.82, 2.24) is 0 Å². The van der Waals surface area contributed by atoms with Gasteiger partial charge in [-0.25, -0.2) is 0 Å². The summed E-state index contributed by atoms with van der Waals surface area (Å²) >= 11 is 0. The van der Waals surface area contributed by atoms with E-state index in [1.54, 1.807) is 0 Å². The quantitative estimate of drug-likeness (QED) is 0.200. The van der Waals surface area contributed by atoms with Crippen LogP contribution in [0, 0.1) is 0 Å². The fourth-order valence-electron chi connectivity index (χ4n) is 5.52. The third-order valence-electron chi connectivity index (χ3n) is 7.04. The minimum atomic E-state index is 0.881. The molecule has 0 bridgehead atoms. The lowest BCUT2D eigenvalue weighted by Gasteiger charge is -2.21. The second-order valence-corrected chi connectivity index (χ2v) is 8.89.